The molecule has 4 nitrogen and oxygen atoms in total. The van der Waals surface area contributed by atoms with E-state index >= 15 is 0 Å². The van der Waals surface area contributed by atoms with Crippen molar-refractivity contribution in [3.63, 3.8) is 0 Å². The molecule has 2 aromatic heterocycles. The Balaban J connectivity index is 1.84. The van der Waals surface area contributed by atoms with Gasteiger partial charge < -0.3 is 5.32 Å². The van der Waals surface area contributed by atoms with Crippen LogP contribution in [0, 0.1) is 0 Å². The van der Waals surface area contributed by atoms with E-state index in [1.54, 1.807) is 16.7 Å². The van der Waals surface area contributed by atoms with Gasteiger partial charge in [0.2, 0.25) is 0 Å². The monoisotopic (exact) mass is 413 g/mol. The maximum absolute atomic E-state index is 11.9. The van der Waals surface area contributed by atoms with E-state index in [2.05, 4.69) is 42.2 Å². The van der Waals surface area contributed by atoms with E-state index in [0.29, 0.717) is 11.5 Å². The number of hydrogen-bond acceptors (Lipinski definition) is 4. The molecule has 20 heavy (non-hydrogen) atoms. The highest BCUT2D eigenvalue weighted by molar-refractivity contribution is 9.11. The third-order valence-electron chi connectivity index (χ3n) is 2.75. The van der Waals surface area contributed by atoms with Gasteiger partial charge in [-0.25, -0.2) is 4.98 Å². The Labute approximate surface area is 135 Å². The van der Waals surface area contributed by atoms with Crippen LogP contribution in [0.3, 0.4) is 0 Å². The van der Waals surface area contributed by atoms with Gasteiger partial charge >= 0.3 is 0 Å². The van der Waals surface area contributed by atoms with Gasteiger partial charge in [0, 0.05) is 32.3 Å². The van der Waals surface area contributed by atoms with Crippen molar-refractivity contribution in [2.45, 2.75) is 6.54 Å². The summed E-state index contributed by atoms with van der Waals surface area (Å²) in [5.41, 5.74) is 1.64. The fraction of sp³-hybridized carbons (Fsp3) is 0.0769. The van der Waals surface area contributed by atoms with E-state index in [-0.39, 0.29) is 5.56 Å². The van der Waals surface area contributed by atoms with E-state index in [9.17, 15) is 4.79 Å². The van der Waals surface area contributed by atoms with Gasteiger partial charge in [-0.2, -0.15) is 0 Å². The molecule has 3 rings (SSSR count). The Hall–Kier alpha value is -1.18. The molecule has 1 N–H and O–H groups in total. The highest BCUT2D eigenvalue weighted by atomic mass is 79.9. The van der Waals surface area contributed by atoms with Gasteiger partial charge in [-0.15, -0.1) is 11.3 Å². The normalized spacial score (nSPS) is 10.9. The van der Waals surface area contributed by atoms with Crippen molar-refractivity contribution < 1.29 is 0 Å². The maximum atomic E-state index is 11.9. The lowest BCUT2D eigenvalue weighted by Gasteiger charge is -2.08. The second-order valence-corrected chi connectivity index (χ2v) is 6.76. The van der Waals surface area contributed by atoms with Crippen LogP contribution >= 0.6 is 43.2 Å². The lowest BCUT2D eigenvalue weighted by Crippen LogP contribution is -2.14. The summed E-state index contributed by atoms with van der Waals surface area (Å²) in [7, 11) is 0. The molecular weight excluding hydrogens is 406 g/mol. The van der Waals surface area contributed by atoms with Gasteiger partial charge in [-0.05, 0) is 34.1 Å². The summed E-state index contributed by atoms with van der Waals surface area (Å²) in [6, 6.07) is 7.44. The minimum absolute atomic E-state index is 0.0529. The molecule has 0 aliphatic carbocycles. The molecule has 3 aromatic rings. The van der Waals surface area contributed by atoms with Crippen molar-refractivity contribution in [2.24, 2.45) is 0 Å². The molecule has 0 saturated heterocycles. The molecule has 0 amide bonds. The molecular formula is C13H9Br2N3OS. The standard InChI is InChI=1S/C13H9Br2N3OS/c14-8-1-2-11(10(15)5-8)16-7-9-6-12(19)18-3-4-20-13(18)17-9/h1-6,16H,7H2. The third-order valence-corrected chi connectivity index (χ3v) is 4.65. The second-order valence-electron chi connectivity index (χ2n) is 4.12. The molecule has 0 saturated carbocycles. The Morgan fingerprint density at radius 1 is 1.30 bits per heavy atom. The van der Waals surface area contributed by atoms with Crippen LogP contribution in [0.15, 0.2) is 49.6 Å². The lowest BCUT2D eigenvalue weighted by atomic mass is 10.3. The molecule has 0 spiro atoms. The highest BCUT2D eigenvalue weighted by Gasteiger charge is 2.05. The molecule has 0 aliphatic heterocycles. The Morgan fingerprint density at radius 2 is 2.15 bits per heavy atom. The number of rotatable bonds is 3. The lowest BCUT2D eigenvalue weighted by molar-refractivity contribution is 0.989. The summed E-state index contributed by atoms with van der Waals surface area (Å²) in [6.07, 6.45) is 1.73. The summed E-state index contributed by atoms with van der Waals surface area (Å²) >= 11 is 8.35. The van der Waals surface area contributed by atoms with Gasteiger partial charge in [0.1, 0.15) is 0 Å². The predicted molar refractivity (Wildman–Crippen MR) is 88.5 cm³/mol. The zero-order valence-corrected chi connectivity index (χ0v) is 14.1. The molecule has 0 unspecified atom stereocenters. The van der Waals surface area contributed by atoms with Crippen molar-refractivity contribution in [1.82, 2.24) is 9.38 Å². The molecule has 0 atom stereocenters. The molecule has 2 heterocycles. The Morgan fingerprint density at radius 3 is 2.95 bits per heavy atom. The predicted octanol–water partition coefficient (Wildman–Crippen LogP) is 3.89. The van der Waals surface area contributed by atoms with Crippen molar-refractivity contribution in [3.8, 4) is 0 Å². The van der Waals surface area contributed by atoms with Crippen LogP contribution in [0.5, 0.6) is 0 Å². The first kappa shape index (κ1) is 13.8. The van der Waals surface area contributed by atoms with Crippen LogP contribution in [0.4, 0.5) is 5.69 Å². The molecule has 0 bridgehead atoms. The van der Waals surface area contributed by atoms with Crippen LogP contribution < -0.4 is 10.9 Å². The molecule has 102 valence electrons. The van der Waals surface area contributed by atoms with E-state index in [4.69, 9.17) is 0 Å². The molecule has 0 radical (unpaired) electrons. The van der Waals surface area contributed by atoms with E-state index in [0.717, 1.165) is 20.3 Å². The molecule has 7 heteroatoms. The number of halogens is 2. The maximum Gasteiger partial charge on any atom is 0.258 e. The zero-order valence-electron chi connectivity index (χ0n) is 10.1. The minimum Gasteiger partial charge on any atom is -0.378 e. The summed E-state index contributed by atoms with van der Waals surface area (Å²) in [4.78, 5) is 17.0. The van der Waals surface area contributed by atoms with Crippen LogP contribution in [0.1, 0.15) is 5.69 Å². The second kappa shape index (κ2) is 5.67. The van der Waals surface area contributed by atoms with Crippen LogP contribution in [0.2, 0.25) is 0 Å². The number of thiazole rings is 1. The SMILES string of the molecule is O=c1cc(CNc2ccc(Br)cc2Br)nc2sccn12. The van der Waals surface area contributed by atoms with Gasteiger partial charge in [-0.1, -0.05) is 15.9 Å². The number of nitrogens with one attached hydrogen (secondary N) is 1. The quantitative estimate of drug-likeness (QED) is 0.707. The smallest absolute Gasteiger partial charge is 0.258 e. The summed E-state index contributed by atoms with van der Waals surface area (Å²) in [6.45, 7) is 0.504. The average molecular weight is 415 g/mol. The summed E-state index contributed by atoms with van der Waals surface area (Å²) in [5, 5.41) is 5.12. The molecule has 1 aromatic carbocycles. The van der Waals surface area contributed by atoms with E-state index < -0.39 is 0 Å². The Kier molecular flexibility index (Phi) is 3.91. The largest absolute Gasteiger partial charge is 0.378 e. The minimum atomic E-state index is -0.0529. The number of fused-ring (bicyclic) bond motifs is 1. The van der Waals surface area contributed by atoms with Gasteiger partial charge in [0.05, 0.1) is 12.2 Å². The summed E-state index contributed by atoms with van der Waals surface area (Å²) < 4.78 is 3.51. The number of nitrogens with zero attached hydrogens (tertiary/aromatic N) is 2. The third kappa shape index (κ3) is 2.79. The molecule has 0 fully saturated rings. The highest BCUT2D eigenvalue weighted by Crippen LogP contribution is 2.26. The number of anilines is 1. The molecule has 0 aliphatic rings. The first-order valence-electron chi connectivity index (χ1n) is 5.78. The first-order valence-corrected chi connectivity index (χ1v) is 8.25. The van der Waals surface area contributed by atoms with Gasteiger partial charge in [0.15, 0.2) is 4.96 Å². The average Bonchev–Trinajstić information content (AvgIpc) is 2.86. The van der Waals surface area contributed by atoms with Crippen molar-refractivity contribution in [3.05, 3.63) is 60.8 Å². The van der Waals surface area contributed by atoms with Crippen LogP contribution in [-0.4, -0.2) is 9.38 Å². The summed E-state index contributed by atoms with van der Waals surface area (Å²) in [5.74, 6) is 0. The van der Waals surface area contributed by atoms with Crippen LogP contribution in [-0.2, 0) is 6.54 Å². The van der Waals surface area contributed by atoms with Crippen molar-refractivity contribution >= 4 is 53.8 Å². The topological polar surface area (TPSA) is 46.4 Å². The van der Waals surface area contributed by atoms with Crippen molar-refractivity contribution in [2.75, 3.05) is 5.32 Å². The number of aromatic nitrogens is 2. The fourth-order valence-electron chi connectivity index (χ4n) is 1.80. The van der Waals surface area contributed by atoms with E-state index in [1.165, 1.54) is 11.3 Å². The van der Waals surface area contributed by atoms with Crippen molar-refractivity contribution in [1.29, 1.82) is 0 Å². The fourth-order valence-corrected chi connectivity index (χ4v) is 3.72. The number of benzene rings is 1. The van der Waals surface area contributed by atoms with Crippen LogP contribution in [0.25, 0.3) is 4.96 Å². The first-order chi connectivity index (χ1) is 9.63. The zero-order chi connectivity index (χ0) is 14.1. The van der Waals surface area contributed by atoms with E-state index in [1.807, 2.05) is 23.6 Å². The van der Waals surface area contributed by atoms with Gasteiger partial charge in [-0.3, -0.25) is 9.20 Å². The number of hydrogen-bond donors (Lipinski definition) is 1. The van der Waals surface area contributed by atoms with Gasteiger partial charge in [0.25, 0.3) is 5.56 Å². The Bertz CT molecular complexity index is 828.